The Morgan fingerprint density at radius 1 is 1.10 bits per heavy atom. The number of aryl methyl sites for hydroxylation is 1. The molecule has 1 saturated carbocycles. The van der Waals surface area contributed by atoms with Crippen molar-refractivity contribution >= 4 is 5.97 Å². The molecule has 2 aromatic carbocycles. The summed E-state index contributed by atoms with van der Waals surface area (Å²) < 4.78 is 0. The Kier molecular flexibility index (Phi) is 7.09. The van der Waals surface area contributed by atoms with Gasteiger partial charge in [-0.1, -0.05) is 62.4 Å². The molecule has 156 valence electrons. The molecular weight excluding hydrogens is 362 g/mol. The number of carboxylic acid groups (broad SMARTS) is 1. The molecule has 0 unspecified atom stereocenters. The highest BCUT2D eigenvalue weighted by Gasteiger charge is 2.34. The molecule has 0 bridgehead atoms. The molecule has 0 aromatic heterocycles. The molecule has 0 spiro atoms. The van der Waals surface area contributed by atoms with Crippen molar-refractivity contribution in [1.82, 2.24) is 5.32 Å². The van der Waals surface area contributed by atoms with Crippen molar-refractivity contribution in [1.29, 1.82) is 0 Å². The molecule has 3 rings (SSSR count). The zero-order valence-corrected chi connectivity index (χ0v) is 17.5. The van der Waals surface area contributed by atoms with Crippen LogP contribution in [0.15, 0.2) is 48.5 Å². The van der Waals surface area contributed by atoms with Crippen molar-refractivity contribution in [2.45, 2.75) is 76.5 Å². The SMILES string of the molecule is CC(C)c1ccc(C2(O)CCC(NCc3cccc(CCC(=O)O)c3)CC2)cc1. The standard InChI is InChI=1S/C25H33NO3/c1-18(2)21-7-9-22(10-8-21)25(29)14-12-23(13-15-25)26-17-20-5-3-4-19(16-20)6-11-24(27)28/h3-5,7-10,16,18,23,26,29H,6,11-15,17H2,1-2H3,(H,27,28). The van der Waals surface area contributed by atoms with Crippen molar-refractivity contribution in [3.05, 3.63) is 70.8 Å². The van der Waals surface area contributed by atoms with E-state index in [9.17, 15) is 9.90 Å². The summed E-state index contributed by atoms with van der Waals surface area (Å²) in [6.07, 6.45) is 4.16. The smallest absolute Gasteiger partial charge is 0.303 e. The van der Waals surface area contributed by atoms with Gasteiger partial charge >= 0.3 is 5.97 Å². The van der Waals surface area contributed by atoms with Gasteiger partial charge in [-0.15, -0.1) is 0 Å². The number of benzene rings is 2. The normalized spacial score (nSPS) is 22.0. The van der Waals surface area contributed by atoms with Crippen molar-refractivity contribution in [2.24, 2.45) is 0 Å². The van der Waals surface area contributed by atoms with Crippen LogP contribution in [0.4, 0.5) is 0 Å². The Balaban J connectivity index is 1.51. The van der Waals surface area contributed by atoms with E-state index in [0.717, 1.165) is 43.4 Å². The predicted molar refractivity (Wildman–Crippen MR) is 116 cm³/mol. The summed E-state index contributed by atoms with van der Waals surface area (Å²) in [4.78, 5) is 10.8. The number of aliphatic carboxylic acids is 1. The quantitative estimate of drug-likeness (QED) is 0.603. The zero-order chi connectivity index (χ0) is 20.9. The molecule has 0 atom stereocenters. The summed E-state index contributed by atoms with van der Waals surface area (Å²) in [5.74, 6) is -0.261. The highest BCUT2D eigenvalue weighted by Crippen LogP contribution is 2.37. The maximum atomic E-state index is 11.1. The zero-order valence-electron chi connectivity index (χ0n) is 17.5. The number of rotatable bonds is 8. The molecule has 0 radical (unpaired) electrons. The lowest BCUT2D eigenvalue weighted by Gasteiger charge is -2.37. The average molecular weight is 396 g/mol. The van der Waals surface area contributed by atoms with Crippen LogP contribution in [0.1, 0.15) is 74.1 Å². The Morgan fingerprint density at radius 2 is 1.76 bits per heavy atom. The van der Waals surface area contributed by atoms with E-state index >= 15 is 0 Å². The van der Waals surface area contributed by atoms with Gasteiger partial charge in [-0.3, -0.25) is 4.79 Å². The second-order valence-corrected chi connectivity index (χ2v) is 8.68. The third-order valence-electron chi connectivity index (χ3n) is 6.14. The molecule has 1 fully saturated rings. The van der Waals surface area contributed by atoms with Crippen LogP contribution >= 0.6 is 0 Å². The van der Waals surface area contributed by atoms with Gasteiger partial charge in [0, 0.05) is 19.0 Å². The van der Waals surface area contributed by atoms with Crippen LogP contribution in [-0.4, -0.2) is 22.2 Å². The van der Waals surface area contributed by atoms with Gasteiger partial charge in [-0.2, -0.15) is 0 Å². The number of hydrogen-bond acceptors (Lipinski definition) is 3. The second-order valence-electron chi connectivity index (χ2n) is 8.68. The first-order valence-electron chi connectivity index (χ1n) is 10.7. The van der Waals surface area contributed by atoms with E-state index in [1.807, 2.05) is 12.1 Å². The Morgan fingerprint density at radius 3 is 2.38 bits per heavy atom. The molecule has 0 aliphatic heterocycles. The lowest BCUT2D eigenvalue weighted by atomic mass is 9.77. The van der Waals surface area contributed by atoms with Gasteiger partial charge in [-0.05, 0) is 60.3 Å². The molecule has 2 aromatic rings. The summed E-state index contributed by atoms with van der Waals surface area (Å²) in [7, 11) is 0. The fourth-order valence-electron chi connectivity index (χ4n) is 4.17. The molecule has 1 aliphatic carbocycles. The van der Waals surface area contributed by atoms with Crippen LogP contribution in [0.3, 0.4) is 0 Å². The number of carboxylic acids is 1. The van der Waals surface area contributed by atoms with E-state index < -0.39 is 11.6 Å². The highest BCUT2D eigenvalue weighted by molar-refractivity contribution is 5.67. The predicted octanol–water partition coefficient (Wildman–Crippen LogP) is 4.75. The Hall–Kier alpha value is -2.17. The van der Waals surface area contributed by atoms with Crippen LogP contribution in [0.5, 0.6) is 0 Å². The lowest BCUT2D eigenvalue weighted by Crippen LogP contribution is -2.39. The fourth-order valence-corrected chi connectivity index (χ4v) is 4.17. The maximum absolute atomic E-state index is 11.1. The number of aliphatic hydroxyl groups is 1. The summed E-state index contributed by atoms with van der Waals surface area (Å²) in [5.41, 5.74) is 3.86. The van der Waals surface area contributed by atoms with E-state index in [4.69, 9.17) is 5.11 Å². The van der Waals surface area contributed by atoms with E-state index in [0.29, 0.717) is 18.4 Å². The summed E-state index contributed by atoms with van der Waals surface area (Å²) in [6.45, 7) is 5.14. The van der Waals surface area contributed by atoms with E-state index in [2.05, 4.69) is 55.6 Å². The molecule has 1 aliphatic rings. The van der Waals surface area contributed by atoms with Gasteiger partial charge in [0.2, 0.25) is 0 Å². The number of carbonyl (C=O) groups is 1. The first-order valence-corrected chi connectivity index (χ1v) is 10.7. The van der Waals surface area contributed by atoms with E-state index in [-0.39, 0.29) is 6.42 Å². The molecule has 29 heavy (non-hydrogen) atoms. The average Bonchev–Trinajstić information content (AvgIpc) is 2.72. The molecule has 0 amide bonds. The van der Waals surface area contributed by atoms with Gasteiger partial charge in [0.05, 0.1) is 5.60 Å². The Bertz CT molecular complexity index is 805. The van der Waals surface area contributed by atoms with E-state index in [1.54, 1.807) is 0 Å². The fraction of sp³-hybridized carbons (Fsp3) is 0.480. The van der Waals surface area contributed by atoms with Gasteiger partial charge in [-0.25, -0.2) is 0 Å². The Labute approximate surface area is 174 Å². The molecule has 4 nitrogen and oxygen atoms in total. The summed E-state index contributed by atoms with van der Waals surface area (Å²) in [6, 6.07) is 17.0. The first-order chi connectivity index (χ1) is 13.9. The summed E-state index contributed by atoms with van der Waals surface area (Å²) >= 11 is 0. The van der Waals surface area contributed by atoms with Crippen molar-refractivity contribution in [2.75, 3.05) is 0 Å². The van der Waals surface area contributed by atoms with Crippen molar-refractivity contribution in [3.63, 3.8) is 0 Å². The van der Waals surface area contributed by atoms with Crippen LogP contribution < -0.4 is 5.32 Å². The van der Waals surface area contributed by atoms with Crippen LogP contribution in [-0.2, 0) is 23.4 Å². The molecule has 0 saturated heterocycles. The molecule has 4 heteroatoms. The number of hydrogen-bond donors (Lipinski definition) is 3. The minimum atomic E-state index is -0.762. The van der Waals surface area contributed by atoms with Crippen LogP contribution in [0.25, 0.3) is 0 Å². The minimum Gasteiger partial charge on any atom is -0.481 e. The lowest BCUT2D eigenvalue weighted by molar-refractivity contribution is -0.136. The van der Waals surface area contributed by atoms with Gasteiger partial charge in [0.15, 0.2) is 0 Å². The molecular formula is C25H33NO3. The van der Waals surface area contributed by atoms with E-state index in [1.165, 1.54) is 11.1 Å². The highest BCUT2D eigenvalue weighted by atomic mass is 16.4. The number of nitrogens with one attached hydrogen (secondary N) is 1. The third-order valence-corrected chi connectivity index (χ3v) is 6.14. The van der Waals surface area contributed by atoms with Crippen LogP contribution in [0, 0.1) is 0 Å². The van der Waals surface area contributed by atoms with Gasteiger partial charge < -0.3 is 15.5 Å². The third kappa shape index (κ3) is 5.91. The molecule has 0 heterocycles. The van der Waals surface area contributed by atoms with Crippen LogP contribution in [0.2, 0.25) is 0 Å². The second kappa shape index (κ2) is 9.55. The minimum absolute atomic E-state index is 0.163. The monoisotopic (exact) mass is 395 g/mol. The maximum Gasteiger partial charge on any atom is 0.303 e. The topological polar surface area (TPSA) is 69.6 Å². The van der Waals surface area contributed by atoms with Gasteiger partial charge in [0.1, 0.15) is 0 Å². The molecule has 3 N–H and O–H groups in total. The van der Waals surface area contributed by atoms with Crippen molar-refractivity contribution in [3.8, 4) is 0 Å². The largest absolute Gasteiger partial charge is 0.481 e. The van der Waals surface area contributed by atoms with Crippen molar-refractivity contribution < 1.29 is 15.0 Å². The van der Waals surface area contributed by atoms with Gasteiger partial charge in [0.25, 0.3) is 0 Å². The first kappa shape index (κ1) is 21.5. The summed E-state index contributed by atoms with van der Waals surface area (Å²) in [5, 5.41) is 23.6.